The Morgan fingerprint density at radius 1 is 0.369 bits per heavy atom. The molecule has 0 aliphatic rings. The molecule has 0 spiro atoms. The van der Waals surface area contributed by atoms with Gasteiger partial charge in [-0.15, -0.1) is 0 Å². The Balaban J connectivity index is 3.36. The summed E-state index contributed by atoms with van der Waals surface area (Å²) >= 11 is 0. The first kappa shape index (κ1) is 63.9. The highest BCUT2D eigenvalue weighted by molar-refractivity contribution is 5.76. The van der Waals surface area contributed by atoms with Gasteiger partial charge in [0.1, 0.15) is 0 Å². The Morgan fingerprint density at radius 2 is 0.631 bits per heavy atom. The van der Waals surface area contributed by atoms with E-state index >= 15 is 0 Å². The van der Waals surface area contributed by atoms with Gasteiger partial charge in [-0.3, -0.25) is 9.59 Å². The lowest BCUT2D eigenvalue weighted by molar-refractivity contribution is -0.143. The van der Waals surface area contributed by atoms with Crippen LogP contribution in [0.25, 0.3) is 0 Å². The third kappa shape index (κ3) is 52.1. The molecule has 3 N–H and O–H groups in total. The van der Waals surface area contributed by atoms with Crippen molar-refractivity contribution in [1.82, 2.24) is 5.32 Å². The maximum Gasteiger partial charge on any atom is 0.305 e. The van der Waals surface area contributed by atoms with Gasteiger partial charge >= 0.3 is 5.97 Å². The highest BCUT2D eigenvalue weighted by Crippen LogP contribution is 2.18. The summed E-state index contributed by atoms with van der Waals surface area (Å²) in [5, 5.41) is 23.3. The van der Waals surface area contributed by atoms with Gasteiger partial charge in [-0.1, -0.05) is 303 Å². The number of hydrogen-bond donors (Lipinski definition) is 3. The first-order valence-corrected chi connectivity index (χ1v) is 29.8. The summed E-state index contributed by atoms with van der Waals surface area (Å²) in [6, 6.07) is -0.539. The number of aliphatic hydroxyl groups excluding tert-OH is 2. The van der Waals surface area contributed by atoms with Crippen molar-refractivity contribution < 1.29 is 24.5 Å². The molecule has 0 rings (SSSR count). The van der Waals surface area contributed by atoms with Crippen molar-refractivity contribution in [3.8, 4) is 0 Å². The van der Waals surface area contributed by atoms with Gasteiger partial charge in [0.05, 0.1) is 25.4 Å². The predicted molar refractivity (Wildman–Crippen MR) is 283 cm³/mol. The maximum atomic E-state index is 12.5. The summed E-state index contributed by atoms with van der Waals surface area (Å²) in [6.07, 6.45) is 63.9. The average molecular weight is 921 g/mol. The van der Waals surface area contributed by atoms with Crippen LogP contribution in [-0.4, -0.2) is 47.4 Å². The van der Waals surface area contributed by atoms with Gasteiger partial charge in [0.2, 0.25) is 5.91 Å². The fraction of sp³-hybridized carbons (Fsp3) is 0.966. The van der Waals surface area contributed by atoms with Gasteiger partial charge in [-0.2, -0.15) is 0 Å². The zero-order chi connectivity index (χ0) is 47.2. The number of unbranched alkanes of at least 4 members (excludes halogenated alkanes) is 45. The average Bonchev–Trinajstić information content (AvgIpc) is 3.31. The molecule has 1 amide bonds. The van der Waals surface area contributed by atoms with Crippen LogP contribution in [0.15, 0.2) is 0 Å². The fourth-order valence-corrected chi connectivity index (χ4v) is 9.58. The molecular formula is C59H117NO5. The molecule has 0 radical (unpaired) electrons. The molecule has 2 unspecified atom stereocenters. The minimum Gasteiger partial charge on any atom is -0.466 e. The minimum atomic E-state index is -0.662. The zero-order valence-electron chi connectivity index (χ0n) is 44.3. The van der Waals surface area contributed by atoms with Gasteiger partial charge in [-0.05, 0) is 25.7 Å². The van der Waals surface area contributed by atoms with Crippen LogP contribution in [0, 0.1) is 0 Å². The van der Waals surface area contributed by atoms with Crippen molar-refractivity contribution in [1.29, 1.82) is 0 Å². The number of amides is 1. The van der Waals surface area contributed by atoms with Crippen molar-refractivity contribution in [2.24, 2.45) is 0 Å². The summed E-state index contributed by atoms with van der Waals surface area (Å²) in [4.78, 5) is 24.5. The molecule has 6 nitrogen and oxygen atoms in total. The number of carbonyl (C=O) groups is 2. The number of carbonyl (C=O) groups excluding carboxylic acids is 2. The minimum absolute atomic E-state index is 0.0149. The van der Waals surface area contributed by atoms with Crippen LogP contribution in [0.2, 0.25) is 0 Å². The number of hydrogen-bond acceptors (Lipinski definition) is 5. The Kier molecular flexibility index (Phi) is 54.5. The summed E-state index contributed by atoms with van der Waals surface area (Å²) in [5.74, 6) is -0.0171. The van der Waals surface area contributed by atoms with Crippen molar-refractivity contribution in [3.05, 3.63) is 0 Å². The van der Waals surface area contributed by atoms with Crippen LogP contribution in [0.3, 0.4) is 0 Å². The molecule has 2 atom stereocenters. The number of rotatable bonds is 56. The van der Waals surface area contributed by atoms with Gasteiger partial charge in [-0.25, -0.2) is 0 Å². The normalized spacial score (nSPS) is 12.5. The molecule has 0 aliphatic heterocycles. The topological polar surface area (TPSA) is 95.9 Å². The molecule has 0 aromatic carbocycles. The maximum absolute atomic E-state index is 12.5. The summed E-state index contributed by atoms with van der Waals surface area (Å²) in [6.45, 7) is 4.97. The number of aliphatic hydroxyl groups is 2. The van der Waals surface area contributed by atoms with E-state index in [2.05, 4.69) is 19.2 Å². The molecule has 0 aliphatic carbocycles. The van der Waals surface area contributed by atoms with Crippen LogP contribution in [-0.2, 0) is 14.3 Å². The zero-order valence-corrected chi connectivity index (χ0v) is 44.3. The second-order valence-electron chi connectivity index (χ2n) is 20.7. The first-order valence-electron chi connectivity index (χ1n) is 29.8. The number of nitrogens with one attached hydrogen (secondary N) is 1. The third-order valence-electron chi connectivity index (χ3n) is 14.2. The summed E-state index contributed by atoms with van der Waals surface area (Å²) in [7, 11) is 0. The van der Waals surface area contributed by atoms with E-state index in [4.69, 9.17) is 4.74 Å². The second kappa shape index (κ2) is 55.5. The Morgan fingerprint density at radius 3 is 0.938 bits per heavy atom. The molecule has 0 saturated carbocycles. The standard InChI is InChI=1S/C59H117NO5/c1-3-5-7-9-11-13-15-16-28-32-35-39-43-47-51-57(62)56(55-61)60-58(63)52-48-44-40-36-33-29-26-24-22-20-18-17-19-21-23-25-27-30-34-38-42-46-50-54-65-59(64)53-49-45-41-37-31-14-12-10-8-6-4-2/h56-57,61-62H,3-55H2,1-2H3,(H,60,63). The summed E-state index contributed by atoms with van der Waals surface area (Å²) in [5.41, 5.74) is 0. The molecule has 0 heterocycles. The lowest BCUT2D eigenvalue weighted by Crippen LogP contribution is -2.45. The van der Waals surface area contributed by atoms with Crippen molar-refractivity contribution in [3.63, 3.8) is 0 Å². The van der Waals surface area contributed by atoms with Crippen LogP contribution in [0.5, 0.6) is 0 Å². The quantitative estimate of drug-likeness (QED) is 0.0417. The van der Waals surface area contributed by atoms with Crippen molar-refractivity contribution >= 4 is 11.9 Å². The molecule has 0 saturated heterocycles. The number of esters is 1. The van der Waals surface area contributed by atoms with Gasteiger partial charge < -0.3 is 20.3 Å². The second-order valence-corrected chi connectivity index (χ2v) is 20.7. The number of ether oxygens (including phenoxy) is 1. The van der Waals surface area contributed by atoms with E-state index < -0.39 is 12.1 Å². The van der Waals surface area contributed by atoms with Crippen molar-refractivity contribution in [2.75, 3.05) is 13.2 Å². The van der Waals surface area contributed by atoms with Crippen LogP contribution in [0.1, 0.15) is 341 Å². The summed E-state index contributed by atoms with van der Waals surface area (Å²) < 4.78 is 5.47. The molecule has 0 bridgehead atoms. The first-order chi connectivity index (χ1) is 32.0. The monoisotopic (exact) mass is 920 g/mol. The van der Waals surface area contributed by atoms with Crippen LogP contribution in [0.4, 0.5) is 0 Å². The SMILES string of the molecule is CCCCCCCCCCCCCCCCC(O)C(CO)NC(=O)CCCCCCCCCCCCCCCCCCCCCCCCCOC(=O)CCCCCCCCCCCCC. The van der Waals surface area contributed by atoms with Crippen LogP contribution >= 0.6 is 0 Å². The van der Waals surface area contributed by atoms with E-state index in [0.717, 1.165) is 38.5 Å². The van der Waals surface area contributed by atoms with E-state index in [0.29, 0.717) is 25.9 Å². The molecular weight excluding hydrogens is 803 g/mol. The smallest absolute Gasteiger partial charge is 0.305 e. The highest BCUT2D eigenvalue weighted by Gasteiger charge is 2.20. The van der Waals surface area contributed by atoms with Gasteiger partial charge in [0, 0.05) is 12.8 Å². The Hall–Kier alpha value is -1.14. The van der Waals surface area contributed by atoms with E-state index in [1.54, 1.807) is 0 Å². The third-order valence-corrected chi connectivity index (χ3v) is 14.2. The van der Waals surface area contributed by atoms with Gasteiger partial charge in [0.15, 0.2) is 0 Å². The Bertz CT molecular complexity index is 928. The van der Waals surface area contributed by atoms with E-state index in [1.807, 2.05) is 0 Å². The molecule has 6 heteroatoms. The molecule has 0 aromatic rings. The predicted octanol–water partition coefficient (Wildman–Crippen LogP) is 18.3. The van der Waals surface area contributed by atoms with E-state index in [9.17, 15) is 19.8 Å². The highest BCUT2D eigenvalue weighted by atomic mass is 16.5. The molecule has 388 valence electrons. The lowest BCUT2D eigenvalue weighted by atomic mass is 10.0. The molecule has 65 heavy (non-hydrogen) atoms. The van der Waals surface area contributed by atoms with E-state index in [-0.39, 0.29) is 18.5 Å². The van der Waals surface area contributed by atoms with Crippen LogP contribution < -0.4 is 5.32 Å². The largest absolute Gasteiger partial charge is 0.466 e. The fourth-order valence-electron chi connectivity index (χ4n) is 9.58. The Labute approximate surface area is 406 Å². The van der Waals surface area contributed by atoms with Gasteiger partial charge in [0.25, 0.3) is 0 Å². The van der Waals surface area contributed by atoms with E-state index in [1.165, 1.54) is 270 Å². The lowest BCUT2D eigenvalue weighted by Gasteiger charge is -2.22. The molecule has 0 fully saturated rings. The molecule has 0 aromatic heterocycles. The van der Waals surface area contributed by atoms with Crippen molar-refractivity contribution in [2.45, 2.75) is 353 Å².